The first-order valence-corrected chi connectivity index (χ1v) is 11.5. The summed E-state index contributed by atoms with van der Waals surface area (Å²) in [7, 11) is 0. The molecule has 32 heavy (non-hydrogen) atoms. The van der Waals surface area contributed by atoms with Crippen molar-refractivity contribution in [2.75, 3.05) is 5.32 Å². The zero-order chi connectivity index (χ0) is 22.5. The number of aromatic nitrogens is 3. The number of rotatable bonds is 8. The van der Waals surface area contributed by atoms with E-state index in [0.29, 0.717) is 11.7 Å². The van der Waals surface area contributed by atoms with Crippen molar-refractivity contribution in [3.05, 3.63) is 83.8 Å². The Balaban J connectivity index is 1.56. The summed E-state index contributed by atoms with van der Waals surface area (Å²) in [5.41, 5.74) is 4.06. The number of nitrogens with zero attached hydrogens (tertiary/aromatic N) is 3. The average molecular weight is 447 g/mol. The van der Waals surface area contributed by atoms with Gasteiger partial charge >= 0.3 is 0 Å². The first-order chi connectivity index (χ1) is 15.5. The largest absolute Gasteiger partial charge is 0.469 e. The summed E-state index contributed by atoms with van der Waals surface area (Å²) >= 11 is 1.40. The number of furan rings is 1. The summed E-state index contributed by atoms with van der Waals surface area (Å²) < 4.78 is 7.52. The number of carbonyl (C=O) groups is 1. The Bertz CT molecular complexity index is 1180. The lowest BCUT2D eigenvalue weighted by molar-refractivity contribution is -0.115. The van der Waals surface area contributed by atoms with Gasteiger partial charge in [0.05, 0.1) is 23.6 Å². The molecule has 6 nitrogen and oxygen atoms in total. The van der Waals surface area contributed by atoms with E-state index in [1.807, 2.05) is 66.9 Å². The van der Waals surface area contributed by atoms with E-state index in [9.17, 15) is 4.79 Å². The van der Waals surface area contributed by atoms with Gasteiger partial charge in [-0.3, -0.25) is 9.36 Å². The van der Waals surface area contributed by atoms with E-state index in [2.05, 4.69) is 34.6 Å². The maximum Gasteiger partial charge on any atom is 0.237 e. The number of aryl methyl sites for hydroxylation is 2. The zero-order valence-electron chi connectivity index (χ0n) is 18.4. The van der Waals surface area contributed by atoms with E-state index in [-0.39, 0.29) is 11.2 Å². The van der Waals surface area contributed by atoms with Crippen molar-refractivity contribution in [3.63, 3.8) is 0 Å². The van der Waals surface area contributed by atoms with E-state index in [1.54, 1.807) is 6.26 Å². The van der Waals surface area contributed by atoms with Crippen molar-refractivity contribution in [2.24, 2.45) is 0 Å². The molecular formula is C25H26N4O2S. The summed E-state index contributed by atoms with van der Waals surface area (Å²) in [4.78, 5) is 12.8. The van der Waals surface area contributed by atoms with Gasteiger partial charge in [-0.15, -0.1) is 10.2 Å². The van der Waals surface area contributed by atoms with E-state index in [0.717, 1.165) is 34.8 Å². The van der Waals surface area contributed by atoms with Gasteiger partial charge in [-0.1, -0.05) is 61.2 Å². The molecule has 0 aliphatic rings. The van der Waals surface area contributed by atoms with Crippen LogP contribution in [0.5, 0.6) is 0 Å². The second-order valence-electron chi connectivity index (χ2n) is 7.57. The van der Waals surface area contributed by atoms with Crippen LogP contribution in [0.25, 0.3) is 11.4 Å². The first-order valence-electron chi connectivity index (χ1n) is 10.6. The number of hydrogen-bond acceptors (Lipinski definition) is 5. The van der Waals surface area contributed by atoms with Crippen LogP contribution in [0, 0.1) is 6.92 Å². The molecule has 1 amide bonds. The lowest BCUT2D eigenvalue weighted by atomic mass is 10.1. The molecule has 0 saturated carbocycles. The van der Waals surface area contributed by atoms with Crippen molar-refractivity contribution in [1.82, 2.24) is 14.8 Å². The van der Waals surface area contributed by atoms with Crippen molar-refractivity contribution in [3.8, 4) is 11.4 Å². The molecule has 0 spiro atoms. The minimum Gasteiger partial charge on any atom is -0.469 e. The van der Waals surface area contributed by atoms with Gasteiger partial charge in [0.2, 0.25) is 5.91 Å². The molecule has 0 aliphatic heterocycles. The van der Waals surface area contributed by atoms with E-state index >= 15 is 0 Å². The second-order valence-corrected chi connectivity index (χ2v) is 8.88. The van der Waals surface area contributed by atoms with Crippen molar-refractivity contribution in [1.29, 1.82) is 0 Å². The smallest absolute Gasteiger partial charge is 0.237 e. The molecule has 0 aliphatic carbocycles. The van der Waals surface area contributed by atoms with E-state index < -0.39 is 0 Å². The van der Waals surface area contributed by atoms with Gasteiger partial charge in [0.1, 0.15) is 5.76 Å². The van der Waals surface area contributed by atoms with Crippen LogP contribution in [0.3, 0.4) is 0 Å². The molecule has 164 valence electrons. The summed E-state index contributed by atoms with van der Waals surface area (Å²) in [6, 6.07) is 20.0. The van der Waals surface area contributed by atoms with Crippen molar-refractivity contribution >= 4 is 23.4 Å². The van der Waals surface area contributed by atoms with Crippen LogP contribution < -0.4 is 5.32 Å². The molecule has 0 saturated heterocycles. The maximum absolute atomic E-state index is 12.8. The molecule has 1 atom stereocenters. The van der Waals surface area contributed by atoms with E-state index in [1.165, 1.54) is 17.3 Å². The average Bonchev–Trinajstić information content (AvgIpc) is 3.40. The number of nitrogens with one attached hydrogen (secondary N) is 1. The highest BCUT2D eigenvalue weighted by atomic mass is 32.2. The molecule has 0 radical (unpaired) electrons. The first kappa shape index (κ1) is 21.9. The molecule has 7 heteroatoms. The quantitative estimate of drug-likeness (QED) is 0.358. The standard InChI is InChI=1S/C25H26N4O2S/c1-4-19-10-12-21(13-11-19)26-24(30)18(3)32-25-28-27-23(22-14-15-31-17(22)2)29(25)16-20-8-6-5-7-9-20/h5-15,18H,4,16H2,1-3H3,(H,26,30)/t18-/m1/s1. The molecule has 0 unspecified atom stereocenters. The summed E-state index contributed by atoms with van der Waals surface area (Å²) in [6.45, 7) is 6.49. The molecule has 0 fully saturated rings. The van der Waals surface area contributed by atoms with Crippen molar-refractivity contribution in [2.45, 2.75) is 44.1 Å². The van der Waals surface area contributed by atoms with Gasteiger partial charge in [-0.25, -0.2) is 0 Å². The van der Waals surface area contributed by atoms with Gasteiger partial charge in [-0.05, 0) is 49.6 Å². The van der Waals surface area contributed by atoms with Gasteiger partial charge in [0.25, 0.3) is 0 Å². The molecule has 4 rings (SSSR count). The van der Waals surface area contributed by atoms with Crippen LogP contribution in [0.4, 0.5) is 5.69 Å². The molecule has 1 N–H and O–H groups in total. The number of benzene rings is 2. The zero-order valence-corrected chi connectivity index (χ0v) is 19.2. The third-order valence-electron chi connectivity index (χ3n) is 5.28. The number of hydrogen-bond donors (Lipinski definition) is 1. The summed E-state index contributed by atoms with van der Waals surface area (Å²) in [5.74, 6) is 1.43. The summed E-state index contributed by atoms with van der Waals surface area (Å²) in [5, 5.41) is 12.2. The van der Waals surface area contributed by atoms with Crippen LogP contribution in [0.2, 0.25) is 0 Å². The molecule has 0 bridgehead atoms. The predicted molar refractivity (Wildman–Crippen MR) is 128 cm³/mol. The number of anilines is 1. The highest BCUT2D eigenvalue weighted by Gasteiger charge is 2.22. The topological polar surface area (TPSA) is 73.0 Å². The molecule has 4 aromatic rings. The van der Waals surface area contributed by atoms with Gasteiger partial charge < -0.3 is 9.73 Å². The Kier molecular flexibility index (Phi) is 6.75. The molecule has 2 heterocycles. The normalized spacial score (nSPS) is 12.0. The Morgan fingerprint density at radius 2 is 1.81 bits per heavy atom. The lowest BCUT2D eigenvalue weighted by Crippen LogP contribution is -2.23. The Hall–Kier alpha value is -3.32. The van der Waals surface area contributed by atoms with Crippen LogP contribution in [-0.2, 0) is 17.8 Å². The fourth-order valence-electron chi connectivity index (χ4n) is 3.38. The van der Waals surface area contributed by atoms with Gasteiger partial charge in [0, 0.05) is 5.69 Å². The lowest BCUT2D eigenvalue weighted by Gasteiger charge is -2.14. The molecular weight excluding hydrogens is 420 g/mol. The predicted octanol–water partition coefficient (Wildman–Crippen LogP) is 5.58. The van der Waals surface area contributed by atoms with Crippen LogP contribution in [0.1, 0.15) is 30.7 Å². The van der Waals surface area contributed by atoms with Crippen LogP contribution in [-0.4, -0.2) is 25.9 Å². The monoisotopic (exact) mass is 446 g/mol. The maximum atomic E-state index is 12.8. The third kappa shape index (κ3) is 4.94. The molecule has 2 aromatic heterocycles. The number of thioether (sulfide) groups is 1. The fraction of sp³-hybridized carbons (Fsp3) is 0.240. The van der Waals surface area contributed by atoms with Gasteiger partial charge in [0.15, 0.2) is 11.0 Å². The number of amides is 1. The van der Waals surface area contributed by atoms with Crippen LogP contribution in [0.15, 0.2) is 76.5 Å². The Morgan fingerprint density at radius 3 is 2.47 bits per heavy atom. The molecule has 2 aromatic carbocycles. The summed E-state index contributed by atoms with van der Waals surface area (Å²) in [6.07, 6.45) is 2.62. The minimum absolute atomic E-state index is 0.0745. The minimum atomic E-state index is -0.349. The number of carbonyl (C=O) groups excluding carboxylic acids is 1. The highest BCUT2D eigenvalue weighted by Crippen LogP contribution is 2.30. The Labute approximate surface area is 192 Å². The third-order valence-corrected chi connectivity index (χ3v) is 6.36. The second kappa shape index (κ2) is 9.87. The fourth-order valence-corrected chi connectivity index (χ4v) is 4.23. The van der Waals surface area contributed by atoms with E-state index in [4.69, 9.17) is 4.42 Å². The van der Waals surface area contributed by atoms with Crippen LogP contribution >= 0.6 is 11.8 Å². The Morgan fingerprint density at radius 1 is 1.06 bits per heavy atom. The SMILES string of the molecule is CCc1ccc(NC(=O)[C@@H](C)Sc2nnc(-c3ccoc3C)n2Cc2ccccc2)cc1. The van der Waals surface area contributed by atoms with Crippen molar-refractivity contribution < 1.29 is 9.21 Å². The highest BCUT2D eigenvalue weighted by molar-refractivity contribution is 8.00. The van der Waals surface area contributed by atoms with Gasteiger partial charge in [-0.2, -0.15) is 0 Å².